The van der Waals surface area contributed by atoms with Crippen LogP contribution >= 0.6 is 0 Å². The number of hydrogen-bond donors (Lipinski definition) is 1. The predicted octanol–water partition coefficient (Wildman–Crippen LogP) is 3.21. The minimum atomic E-state index is -1.50. The Bertz CT molecular complexity index is 933. The summed E-state index contributed by atoms with van der Waals surface area (Å²) < 4.78 is 12.7. The van der Waals surface area contributed by atoms with E-state index in [4.69, 9.17) is 0 Å². The van der Waals surface area contributed by atoms with Crippen LogP contribution < -0.4 is 5.56 Å². The Hall–Kier alpha value is -2.27. The number of aromatic nitrogens is 2. The molecule has 5 heteroatoms. The van der Waals surface area contributed by atoms with E-state index in [0.29, 0.717) is 4.90 Å². The van der Waals surface area contributed by atoms with Crippen LogP contribution in [0, 0.1) is 0 Å². The van der Waals surface area contributed by atoms with E-state index in [1.165, 1.54) is 0 Å². The van der Waals surface area contributed by atoms with Gasteiger partial charge in [-0.15, -0.1) is 0 Å². The average Bonchev–Trinajstić information content (AvgIpc) is 2.60. The van der Waals surface area contributed by atoms with Crippen molar-refractivity contribution in [3.05, 3.63) is 64.2 Å². The zero-order chi connectivity index (χ0) is 16.4. The molecule has 1 atom stereocenters. The van der Waals surface area contributed by atoms with Gasteiger partial charge in [-0.2, -0.15) is 0 Å². The van der Waals surface area contributed by atoms with Gasteiger partial charge in [0.1, 0.15) is 4.90 Å². The van der Waals surface area contributed by atoms with Crippen molar-refractivity contribution >= 4 is 21.7 Å². The molecule has 1 N–H and O–H groups in total. The van der Waals surface area contributed by atoms with Gasteiger partial charge >= 0.3 is 0 Å². The molecule has 0 saturated carbocycles. The summed E-state index contributed by atoms with van der Waals surface area (Å²) in [4.78, 5) is 20.8. The van der Waals surface area contributed by atoms with Gasteiger partial charge in [-0.25, -0.2) is 4.21 Å². The van der Waals surface area contributed by atoms with Crippen LogP contribution in [0.15, 0.2) is 57.1 Å². The van der Waals surface area contributed by atoms with Crippen molar-refractivity contribution in [2.45, 2.75) is 36.5 Å². The molecule has 118 valence electrons. The number of H-pyrrole nitrogens is 1. The van der Waals surface area contributed by atoms with Crippen molar-refractivity contribution in [2.75, 3.05) is 0 Å². The first-order chi connectivity index (χ1) is 11.1. The molecule has 0 aliphatic carbocycles. The largest absolute Gasteiger partial charge is 0.321 e. The molecule has 0 aliphatic heterocycles. The van der Waals surface area contributed by atoms with Crippen molar-refractivity contribution in [3.8, 4) is 0 Å². The van der Waals surface area contributed by atoms with Crippen LogP contribution in [0.5, 0.6) is 0 Å². The van der Waals surface area contributed by atoms with Crippen LogP contribution in [-0.4, -0.2) is 14.2 Å². The van der Waals surface area contributed by atoms with Gasteiger partial charge in [-0.3, -0.25) is 9.78 Å². The van der Waals surface area contributed by atoms with E-state index >= 15 is 0 Å². The third kappa shape index (κ3) is 2.97. The molecule has 4 nitrogen and oxygen atoms in total. The maximum absolute atomic E-state index is 12.7. The number of nitrogens with one attached hydrogen (secondary N) is 1. The lowest BCUT2D eigenvalue weighted by Gasteiger charge is -2.09. The van der Waals surface area contributed by atoms with E-state index in [0.717, 1.165) is 35.1 Å². The topological polar surface area (TPSA) is 62.8 Å². The van der Waals surface area contributed by atoms with Crippen molar-refractivity contribution in [1.29, 1.82) is 0 Å². The second-order valence-electron chi connectivity index (χ2n) is 5.27. The molecule has 0 spiro atoms. The molecular formula is C18H18N2O2S. The molecule has 3 rings (SSSR count). The summed E-state index contributed by atoms with van der Waals surface area (Å²) in [5.74, 6) is 0. The van der Waals surface area contributed by atoms with Gasteiger partial charge in [0.05, 0.1) is 16.3 Å². The standard InChI is InChI=1S/C18H18N2O2S/c1-3-12-10-16-14(15(4-2)19-12)11-17(18(21)20-16)23(22)13-8-6-5-7-9-13/h5-11H,3-4H2,1-2H3,(H,20,21). The van der Waals surface area contributed by atoms with Crippen molar-refractivity contribution in [2.24, 2.45) is 0 Å². The summed E-state index contributed by atoms with van der Waals surface area (Å²) in [7, 11) is -1.50. The van der Waals surface area contributed by atoms with Crippen LogP contribution in [0.1, 0.15) is 25.2 Å². The van der Waals surface area contributed by atoms with Gasteiger partial charge in [0.15, 0.2) is 0 Å². The predicted molar refractivity (Wildman–Crippen MR) is 92.2 cm³/mol. The fraction of sp³-hybridized carbons (Fsp3) is 0.222. The van der Waals surface area contributed by atoms with Gasteiger partial charge in [-0.05, 0) is 37.1 Å². The quantitative estimate of drug-likeness (QED) is 0.801. The van der Waals surface area contributed by atoms with E-state index < -0.39 is 10.8 Å². The van der Waals surface area contributed by atoms with Crippen LogP contribution in [0.2, 0.25) is 0 Å². The number of hydrogen-bond acceptors (Lipinski definition) is 3. The van der Waals surface area contributed by atoms with Gasteiger partial charge in [0.25, 0.3) is 5.56 Å². The highest BCUT2D eigenvalue weighted by molar-refractivity contribution is 7.85. The molecule has 1 unspecified atom stereocenters. The highest BCUT2D eigenvalue weighted by Gasteiger charge is 2.14. The lowest BCUT2D eigenvalue weighted by Crippen LogP contribution is -2.15. The smallest absolute Gasteiger partial charge is 0.265 e. The molecule has 23 heavy (non-hydrogen) atoms. The van der Waals surface area contributed by atoms with E-state index in [1.807, 2.05) is 38.1 Å². The summed E-state index contributed by atoms with van der Waals surface area (Å²) in [5, 5.41) is 0.864. The van der Waals surface area contributed by atoms with E-state index in [9.17, 15) is 9.00 Å². The Balaban J connectivity index is 2.22. The number of pyridine rings is 2. The van der Waals surface area contributed by atoms with Crippen LogP contribution in [0.25, 0.3) is 10.9 Å². The average molecular weight is 326 g/mol. The highest BCUT2D eigenvalue weighted by atomic mass is 32.2. The van der Waals surface area contributed by atoms with E-state index in [2.05, 4.69) is 9.97 Å². The number of fused-ring (bicyclic) bond motifs is 1. The Morgan fingerprint density at radius 2 is 1.83 bits per heavy atom. The molecule has 0 bridgehead atoms. The number of aryl methyl sites for hydroxylation is 2. The molecule has 1 aromatic carbocycles. The second kappa shape index (κ2) is 6.46. The fourth-order valence-electron chi connectivity index (χ4n) is 2.57. The van der Waals surface area contributed by atoms with Crippen LogP contribution in [0.4, 0.5) is 0 Å². The Morgan fingerprint density at radius 3 is 2.48 bits per heavy atom. The van der Waals surface area contributed by atoms with Crippen LogP contribution in [-0.2, 0) is 23.6 Å². The van der Waals surface area contributed by atoms with E-state index in [-0.39, 0.29) is 10.5 Å². The second-order valence-corrected chi connectivity index (χ2v) is 6.72. The van der Waals surface area contributed by atoms with E-state index in [1.54, 1.807) is 18.2 Å². The molecule has 3 aromatic rings. The minimum Gasteiger partial charge on any atom is -0.321 e. The lowest BCUT2D eigenvalue weighted by molar-refractivity contribution is 0.682. The molecule has 2 aromatic heterocycles. The zero-order valence-electron chi connectivity index (χ0n) is 13.1. The number of benzene rings is 1. The maximum atomic E-state index is 12.7. The normalized spacial score (nSPS) is 12.4. The fourth-order valence-corrected chi connectivity index (χ4v) is 3.67. The SMILES string of the molecule is CCc1cc2[nH]c(=O)c(S(=O)c3ccccc3)cc2c(CC)n1. The zero-order valence-corrected chi connectivity index (χ0v) is 13.9. The molecule has 0 saturated heterocycles. The number of rotatable bonds is 4. The van der Waals surface area contributed by atoms with Gasteiger partial charge in [0.2, 0.25) is 0 Å². The summed E-state index contributed by atoms with van der Waals surface area (Å²) in [6, 6.07) is 12.6. The Labute approximate surface area is 137 Å². The van der Waals surface area contributed by atoms with Gasteiger partial charge < -0.3 is 4.98 Å². The van der Waals surface area contributed by atoms with Gasteiger partial charge in [0, 0.05) is 21.7 Å². The lowest BCUT2D eigenvalue weighted by atomic mass is 10.1. The minimum absolute atomic E-state index is 0.268. The van der Waals surface area contributed by atoms with Crippen molar-refractivity contribution < 1.29 is 4.21 Å². The molecular weight excluding hydrogens is 308 g/mol. The molecule has 0 fully saturated rings. The summed E-state index contributed by atoms with van der Waals surface area (Å²) >= 11 is 0. The Kier molecular flexibility index (Phi) is 4.39. The van der Waals surface area contributed by atoms with Gasteiger partial charge in [-0.1, -0.05) is 32.0 Å². The first-order valence-corrected chi connectivity index (χ1v) is 8.81. The first kappa shape index (κ1) is 15.6. The molecule has 0 amide bonds. The Morgan fingerprint density at radius 1 is 1.09 bits per heavy atom. The third-order valence-electron chi connectivity index (χ3n) is 3.79. The van der Waals surface area contributed by atoms with Crippen molar-refractivity contribution in [1.82, 2.24) is 9.97 Å². The highest BCUT2D eigenvalue weighted by Crippen LogP contribution is 2.21. The molecule has 0 radical (unpaired) electrons. The molecule has 0 aliphatic rings. The summed E-state index contributed by atoms with van der Waals surface area (Å²) in [5.41, 5.74) is 2.31. The van der Waals surface area contributed by atoms with Crippen LogP contribution in [0.3, 0.4) is 0 Å². The summed E-state index contributed by atoms with van der Waals surface area (Å²) in [6.07, 6.45) is 1.57. The maximum Gasteiger partial charge on any atom is 0.265 e. The van der Waals surface area contributed by atoms with Crippen molar-refractivity contribution in [3.63, 3.8) is 0 Å². The third-order valence-corrected chi connectivity index (χ3v) is 5.20. The number of nitrogens with zero attached hydrogens (tertiary/aromatic N) is 1. The first-order valence-electron chi connectivity index (χ1n) is 7.66. The monoisotopic (exact) mass is 326 g/mol. The molecule has 2 heterocycles. The number of aromatic amines is 1. The summed E-state index contributed by atoms with van der Waals surface area (Å²) in [6.45, 7) is 4.06.